The average molecular weight is 218 g/mol. The molecule has 0 spiro atoms. The fourth-order valence-corrected chi connectivity index (χ4v) is 1.31. The first-order chi connectivity index (χ1) is 7.88. The van der Waals surface area contributed by atoms with E-state index in [9.17, 15) is 0 Å². The number of aromatic nitrogens is 3. The number of pyridine rings is 1. The van der Waals surface area contributed by atoms with E-state index in [0.717, 1.165) is 11.4 Å². The summed E-state index contributed by atoms with van der Waals surface area (Å²) in [5, 5.41) is 9.83. The summed E-state index contributed by atoms with van der Waals surface area (Å²) in [6.07, 6.45) is 3.62. The molecule has 5 nitrogen and oxygen atoms in total. The Bertz CT molecular complexity index is 427. The predicted molar refractivity (Wildman–Crippen MR) is 61.3 cm³/mol. The van der Waals surface area contributed by atoms with E-state index >= 15 is 0 Å². The van der Waals surface area contributed by atoms with Gasteiger partial charge in [-0.1, -0.05) is 6.07 Å². The lowest BCUT2D eigenvalue weighted by Crippen LogP contribution is -2.02. The van der Waals surface area contributed by atoms with E-state index in [2.05, 4.69) is 20.5 Å². The van der Waals surface area contributed by atoms with E-state index in [4.69, 9.17) is 4.74 Å². The third kappa shape index (κ3) is 2.73. The minimum absolute atomic E-state index is 0.623. The van der Waals surface area contributed by atoms with Crippen molar-refractivity contribution in [1.82, 2.24) is 15.2 Å². The lowest BCUT2D eigenvalue weighted by molar-refractivity contribution is 0.327. The lowest BCUT2D eigenvalue weighted by atomic mass is 10.3. The Balaban J connectivity index is 1.96. The van der Waals surface area contributed by atoms with Gasteiger partial charge in [-0.3, -0.25) is 5.10 Å². The fraction of sp³-hybridized carbons (Fsp3) is 0.273. The van der Waals surface area contributed by atoms with Crippen molar-refractivity contribution in [2.45, 2.75) is 13.5 Å². The zero-order valence-corrected chi connectivity index (χ0v) is 9.10. The third-order valence-electron chi connectivity index (χ3n) is 2.04. The highest BCUT2D eigenvalue weighted by Gasteiger charge is 1.98. The first-order valence-electron chi connectivity index (χ1n) is 5.20. The van der Waals surface area contributed by atoms with Crippen LogP contribution >= 0.6 is 0 Å². The van der Waals surface area contributed by atoms with Crippen LogP contribution in [0.1, 0.15) is 12.5 Å². The summed E-state index contributed by atoms with van der Waals surface area (Å²) in [6.45, 7) is 3.25. The summed E-state index contributed by atoms with van der Waals surface area (Å²) < 4.78 is 5.31. The standard InChI is InChI=1S/C11H14N4O/c1-2-16-11-5-3-4-10(15-11)12-6-9-7-13-14-8-9/h3-5,7-8H,2,6H2,1H3,(H,12,15)(H,13,14). The molecule has 0 saturated heterocycles. The summed E-state index contributed by atoms with van der Waals surface area (Å²) in [4.78, 5) is 4.30. The van der Waals surface area contributed by atoms with Crippen LogP contribution < -0.4 is 10.1 Å². The molecule has 0 aliphatic heterocycles. The predicted octanol–water partition coefficient (Wildman–Crippen LogP) is 1.82. The number of rotatable bonds is 5. The molecular formula is C11H14N4O. The van der Waals surface area contributed by atoms with Gasteiger partial charge in [-0.05, 0) is 13.0 Å². The van der Waals surface area contributed by atoms with Gasteiger partial charge in [0.25, 0.3) is 0 Å². The van der Waals surface area contributed by atoms with E-state index in [1.165, 1.54) is 0 Å². The average Bonchev–Trinajstić information content (AvgIpc) is 2.80. The zero-order valence-electron chi connectivity index (χ0n) is 9.10. The molecule has 2 heterocycles. The van der Waals surface area contributed by atoms with Gasteiger partial charge in [0, 0.05) is 24.4 Å². The Hall–Kier alpha value is -2.04. The van der Waals surface area contributed by atoms with E-state index in [1.54, 1.807) is 6.20 Å². The Morgan fingerprint density at radius 1 is 1.44 bits per heavy atom. The normalized spacial score (nSPS) is 10.1. The van der Waals surface area contributed by atoms with Crippen LogP contribution in [0.15, 0.2) is 30.6 Å². The van der Waals surface area contributed by atoms with Crippen LogP contribution in [0.3, 0.4) is 0 Å². The van der Waals surface area contributed by atoms with Crippen LogP contribution in [0.2, 0.25) is 0 Å². The van der Waals surface area contributed by atoms with E-state index in [0.29, 0.717) is 19.0 Å². The largest absolute Gasteiger partial charge is 0.478 e. The molecule has 2 aromatic heterocycles. The lowest BCUT2D eigenvalue weighted by Gasteiger charge is -2.06. The molecule has 0 atom stereocenters. The maximum absolute atomic E-state index is 5.31. The molecule has 0 saturated carbocycles. The first-order valence-corrected chi connectivity index (χ1v) is 5.20. The summed E-state index contributed by atoms with van der Waals surface area (Å²) in [5.41, 5.74) is 1.09. The second-order valence-corrected chi connectivity index (χ2v) is 3.25. The first kappa shape index (κ1) is 10.5. The number of H-pyrrole nitrogens is 1. The molecule has 0 aliphatic rings. The molecule has 2 N–H and O–H groups in total. The van der Waals surface area contributed by atoms with Gasteiger partial charge in [0.2, 0.25) is 5.88 Å². The maximum atomic E-state index is 5.31. The molecule has 16 heavy (non-hydrogen) atoms. The number of anilines is 1. The fourth-order valence-electron chi connectivity index (χ4n) is 1.31. The van der Waals surface area contributed by atoms with Gasteiger partial charge in [-0.25, -0.2) is 0 Å². The molecule has 5 heteroatoms. The number of hydrogen-bond acceptors (Lipinski definition) is 4. The molecule has 0 aromatic carbocycles. The number of hydrogen-bond donors (Lipinski definition) is 2. The molecule has 0 fully saturated rings. The van der Waals surface area contributed by atoms with Crippen molar-refractivity contribution in [3.63, 3.8) is 0 Å². The van der Waals surface area contributed by atoms with Crippen molar-refractivity contribution in [1.29, 1.82) is 0 Å². The zero-order chi connectivity index (χ0) is 11.2. The summed E-state index contributed by atoms with van der Waals surface area (Å²) in [7, 11) is 0. The second-order valence-electron chi connectivity index (χ2n) is 3.25. The van der Waals surface area contributed by atoms with Crippen LogP contribution in [0.5, 0.6) is 5.88 Å². The van der Waals surface area contributed by atoms with Crippen LogP contribution in [0.25, 0.3) is 0 Å². The number of aromatic amines is 1. The highest BCUT2D eigenvalue weighted by molar-refractivity contribution is 5.37. The van der Waals surface area contributed by atoms with Crippen molar-refractivity contribution < 1.29 is 4.74 Å². The minimum Gasteiger partial charge on any atom is -0.478 e. The molecule has 0 amide bonds. The monoisotopic (exact) mass is 218 g/mol. The maximum Gasteiger partial charge on any atom is 0.215 e. The Morgan fingerprint density at radius 3 is 3.12 bits per heavy atom. The molecule has 0 aliphatic carbocycles. The van der Waals surface area contributed by atoms with Crippen LogP contribution in [0.4, 0.5) is 5.82 Å². The third-order valence-corrected chi connectivity index (χ3v) is 2.04. The molecule has 2 aromatic rings. The highest BCUT2D eigenvalue weighted by Crippen LogP contribution is 2.12. The topological polar surface area (TPSA) is 62.8 Å². The Labute approximate surface area is 93.9 Å². The van der Waals surface area contributed by atoms with Crippen molar-refractivity contribution in [3.05, 3.63) is 36.2 Å². The molecule has 0 radical (unpaired) electrons. The van der Waals surface area contributed by atoms with E-state index in [1.807, 2.05) is 31.3 Å². The summed E-state index contributed by atoms with van der Waals surface area (Å²) >= 11 is 0. The van der Waals surface area contributed by atoms with Crippen LogP contribution in [-0.4, -0.2) is 21.8 Å². The van der Waals surface area contributed by atoms with Gasteiger partial charge in [-0.15, -0.1) is 0 Å². The Kier molecular flexibility index (Phi) is 3.38. The molecule has 84 valence electrons. The smallest absolute Gasteiger partial charge is 0.215 e. The van der Waals surface area contributed by atoms with Gasteiger partial charge in [0.05, 0.1) is 12.8 Å². The second kappa shape index (κ2) is 5.16. The van der Waals surface area contributed by atoms with Crippen molar-refractivity contribution >= 4 is 5.82 Å². The van der Waals surface area contributed by atoms with Gasteiger partial charge in [-0.2, -0.15) is 10.1 Å². The number of nitrogens with one attached hydrogen (secondary N) is 2. The van der Waals surface area contributed by atoms with Gasteiger partial charge in [0.1, 0.15) is 5.82 Å². The van der Waals surface area contributed by atoms with Crippen LogP contribution in [0, 0.1) is 0 Å². The van der Waals surface area contributed by atoms with Crippen molar-refractivity contribution in [2.75, 3.05) is 11.9 Å². The molecular weight excluding hydrogens is 204 g/mol. The van der Waals surface area contributed by atoms with Gasteiger partial charge >= 0.3 is 0 Å². The molecule has 2 rings (SSSR count). The summed E-state index contributed by atoms with van der Waals surface area (Å²) in [5.74, 6) is 1.44. The van der Waals surface area contributed by atoms with E-state index < -0.39 is 0 Å². The van der Waals surface area contributed by atoms with Crippen molar-refractivity contribution in [3.8, 4) is 5.88 Å². The van der Waals surface area contributed by atoms with E-state index in [-0.39, 0.29) is 0 Å². The van der Waals surface area contributed by atoms with Crippen molar-refractivity contribution in [2.24, 2.45) is 0 Å². The quantitative estimate of drug-likeness (QED) is 0.803. The van der Waals surface area contributed by atoms with Gasteiger partial charge in [0.15, 0.2) is 0 Å². The highest BCUT2D eigenvalue weighted by atomic mass is 16.5. The van der Waals surface area contributed by atoms with Crippen LogP contribution in [-0.2, 0) is 6.54 Å². The molecule has 0 bridgehead atoms. The number of ether oxygens (including phenoxy) is 1. The SMILES string of the molecule is CCOc1cccc(NCc2cn[nH]c2)n1. The summed E-state index contributed by atoms with van der Waals surface area (Å²) in [6, 6.07) is 5.66. The Morgan fingerprint density at radius 2 is 2.38 bits per heavy atom. The van der Waals surface area contributed by atoms with Gasteiger partial charge < -0.3 is 10.1 Å². The minimum atomic E-state index is 0.623. The molecule has 0 unspecified atom stereocenters. The number of nitrogens with zero attached hydrogens (tertiary/aromatic N) is 2.